The van der Waals surface area contributed by atoms with E-state index in [1.807, 2.05) is 0 Å². The Hall–Kier alpha value is -1.02. The summed E-state index contributed by atoms with van der Waals surface area (Å²) in [5, 5.41) is 0. The largest absolute Gasteiger partial charge is 0.493 e. The van der Waals surface area contributed by atoms with Gasteiger partial charge < -0.3 is 9.64 Å². The Morgan fingerprint density at radius 3 is 2.48 bits per heavy atom. The van der Waals surface area contributed by atoms with Gasteiger partial charge in [0.25, 0.3) is 0 Å². The second-order valence-corrected chi connectivity index (χ2v) is 6.65. The van der Waals surface area contributed by atoms with E-state index in [1.54, 1.807) is 0 Å². The van der Waals surface area contributed by atoms with Crippen LogP contribution in [0, 0.1) is 6.92 Å². The van der Waals surface area contributed by atoms with Crippen LogP contribution in [0.3, 0.4) is 0 Å². The third-order valence-electron chi connectivity index (χ3n) is 4.37. The fourth-order valence-electron chi connectivity index (χ4n) is 3.07. The van der Waals surface area contributed by atoms with Crippen LogP contribution in [-0.4, -0.2) is 31.1 Å². The predicted molar refractivity (Wildman–Crippen MR) is 90.3 cm³/mol. The molecule has 0 aliphatic carbocycles. The Labute approximate surface area is 130 Å². The maximum absolute atomic E-state index is 6.07. The fourth-order valence-corrected chi connectivity index (χ4v) is 3.07. The topological polar surface area (TPSA) is 12.5 Å². The van der Waals surface area contributed by atoms with E-state index in [0.717, 1.165) is 18.8 Å². The average molecular weight is 289 g/mol. The average Bonchev–Trinajstić information content (AvgIpc) is 2.72. The van der Waals surface area contributed by atoms with Crippen molar-refractivity contribution in [3.05, 3.63) is 29.3 Å². The molecule has 0 bridgehead atoms. The lowest BCUT2D eigenvalue weighted by molar-refractivity contribution is 0.238. The minimum atomic E-state index is 0.520. The number of rotatable bonds is 6. The predicted octanol–water partition coefficient (Wildman–Crippen LogP) is 4.76. The molecule has 1 saturated heterocycles. The van der Waals surface area contributed by atoms with Crippen molar-refractivity contribution < 1.29 is 4.74 Å². The minimum absolute atomic E-state index is 0.520. The first kappa shape index (κ1) is 16.4. The van der Waals surface area contributed by atoms with Gasteiger partial charge in [-0.1, -0.05) is 38.8 Å². The standard InChI is InChI=1S/C19H31NO/c1-16(2)18-10-9-17(3)15-19(18)21-14-8-13-20-11-6-4-5-7-12-20/h9-10,15-16H,4-8,11-14H2,1-3H3. The molecule has 2 rings (SSSR count). The zero-order chi connectivity index (χ0) is 15.1. The van der Waals surface area contributed by atoms with E-state index in [9.17, 15) is 0 Å². The van der Waals surface area contributed by atoms with Crippen LogP contribution in [-0.2, 0) is 0 Å². The van der Waals surface area contributed by atoms with Gasteiger partial charge >= 0.3 is 0 Å². The van der Waals surface area contributed by atoms with Gasteiger partial charge in [0.1, 0.15) is 5.75 Å². The van der Waals surface area contributed by atoms with E-state index in [0.29, 0.717) is 5.92 Å². The highest BCUT2D eigenvalue weighted by Gasteiger charge is 2.10. The molecular formula is C19H31NO. The molecule has 0 N–H and O–H groups in total. The number of hydrogen-bond acceptors (Lipinski definition) is 2. The first-order valence-corrected chi connectivity index (χ1v) is 8.62. The Bertz CT molecular complexity index is 420. The first-order chi connectivity index (χ1) is 10.2. The molecule has 2 heteroatoms. The number of ether oxygens (including phenoxy) is 1. The maximum Gasteiger partial charge on any atom is 0.122 e. The molecule has 118 valence electrons. The molecule has 1 fully saturated rings. The Morgan fingerprint density at radius 1 is 1.10 bits per heavy atom. The van der Waals surface area contributed by atoms with E-state index < -0.39 is 0 Å². The molecule has 2 nitrogen and oxygen atoms in total. The van der Waals surface area contributed by atoms with Crippen molar-refractivity contribution in [2.24, 2.45) is 0 Å². The second-order valence-electron chi connectivity index (χ2n) is 6.65. The summed E-state index contributed by atoms with van der Waals surface area (Å²) in [6, 6.07) is 6.57. The highest BCUT2D eigenvalue weighted by molar-refractivity contribution is 5.39. The molecule has 1 heterocycles. The van der Waals surface area contributed by atoms with Gasteiger partial charge in [-0.3, -0.25) is 0 Å². The maximum atomic E-state index is 6.07. The molecule has 1 aromatic carbocycles. The third-order valence-corrected chi connectivity index (χ3v) is 4.37. The van der Waals surface area contributed by atoms with Gasteiger partial charge in [-0.05, 0) is 62.4 Å². The molecule has 21 heavy (non-hydrogen) atoms. The van der Waals surface area contributed by atoms with Crippen LogP contribution < -0.4 is 4.74 Å². The summed E-state index contributed by atoms with van der Waals surface area (Å²) in [5.41, 5.74) is 2.61. The first-order valence-electron chi connectivity index (χ1n) is 8.62. The van der Waals surface area contributed by atoms with Crippen molar-refractivity contribution in [3.63, 3.8) is 0 Å². The SMILES string of the molecule is Cc1ccc(C(C)C)c(OCCCN2CCCCCC2)c1. The van der Waals surface area contributed by atoms with Crippen LogP contribution in [0.4, 0.5) is 0 Å². The summed E-state index contributed by atoms with van der Waals surface area (Å²) in [6.07, 6.45) is 6.69. The van der Waals surface area contributed by atoms with Crippen LogP contribution in [0.5, 0.6) is 5.75 Å². The van der Waals surface area contributed by atoms with E-state index in [4.69, 9.17) is 4.74 Å². The number of likely N-dealkylation sites (tertiary alicyclic amines) is 1. The Kier molecular flexibility index (Phi) is 6.56. The third kappa shape index (κ3) is 5.35. The molecule has 0 amide bonds. The monoisotopic (exact) mass is 289 g/mol. The van der Waals surface area contributed by atoms with Crippen molar-refractivity contribution in [3.8, 4) is 5.75 Å². The van der Waals surface area contributed by atoms with Crippen LogP contribution in [0.2, 0.25) is 0 Å². The summed E-state index contributed by atoms with van der Waals surface area (Å²) in [7, 11) is 0. The summed E-state index contributed by atoms with van der Waals surface area (Å²) in [6.45, 7) is 11.2. The lowest BCUT2D eigenvalue weighted by Crippen LogP contribution is -2.26. The van der Waals surface area contributed by atoms with E-state index in [1.165, 1.54) is 56.4 Å². The molecule has 0 unspecified atom stereocenters. The molecule has 1 aromatic rings. The van der Waals surface area contributed by atoms with Crippen LogP contribution >= 0.6 is 0 Å². The van der Waals surface area contributed by atoms with E-state index >= 15 is 0 Å². The van der Waals surface area contributed by atoms with Gasteiger partial charge in [-0.2, -0.15) is 0 Å². The zero-order valence-electron chi connectivity index (χ0n) is 14.0. The van der Waals surface area contributed by atoms with Crippen LogP contribution in [0.25, 0.3) is 0 Å². The zero-order valence-corrected chi connectivity index (χ0v) is 14.0. The van der Waals surface area contributed by atoms with Gasteiger partial charge in [-0.15, -0.1) is 0 Å². The number of hydrogen-bond donors (Lipinski definition) is 0. The quantitative estimate of drug-likeness (QED) is 0.700. The lowest BCUT2D eigenvalue weighted by atomic mass is 10.0. The van der Waals surface area contributed by atoms with Gasteiger partial charge in [0.15, 0.2) is 0 Å². The second kappa shape index (κ2) is 8.43. The Morgan fingerprint density at radius 2 is 1.81 bits per heavy atom. The molecular weight excluding hydrogens is 258 g/mol. The van der Waals surface area contributed by atoms with Crippen molar-refractivity contribution in [1.29, 1.82) is 0 Å². The number of benzene rings is 1. The molecule has 1 aliphatic heterocycles. The fraction of sp³-hybridized carbons (Fsp3) is 0.684. The summed E-state index contributed by atoms with van der Waals surface area (Å²) < 4.78 is 6.07. The van der Waals surface area contributed by atoms with Crippen molar-refractivity contribution >= 4 is 0 Å². The summed E-state index contributed by atoms with van der Waals surface area (Å²) >= 11 is 0. The van der Waals surface area contributed by atoms with E-state index in [-0.39, 0.29) is 0 Å². The van der Waals surface area contributed by atoms with Gasteiger partial charge in [-0.25, -0.2) is 0 Å². The van der Waals surface area contributed by atoms with Gasteiger partial charge in [0.05, 0.1) is 6.61 Å². The highest BCUT2D eigenvalue weighted by Crippen LogP contribution is 2.27. The summed E-state index contributed by atoms with van der Waals surface area (Å²) in [4.78, 5) is 2.61. The van der Waals surface area contributed by atoms with Crippen LogP contribution in [0.1, 0.15) is 63.0 Å². The summed E-state index contributed by atoms with van der Waals surface area (Å²) in [5.74, 6) is 1.60. The number of aryl methyl sites for hydroxylation is 1. The van der Waals surface area contributed by atoms with Gasteiger partial charge in [0, 0.05) is 6.54 Å². The van der Waals surface area contributed by atoms with Crippen molar-refractivity contribution in [2.45, 2.75) is 58.8 Å². The van der Waals surface area contributed by atoms with Gasteiger partial charge in [0.2, 0.25) is 0 Å². The molecule has 0 radical (unpaired) electrons. The molecule has 0 atom stereocenters. The van der Waals surface area contributed by atoms with E-state index in [2.05, 4.69) is 43.9 Å². The lowest BCUT2D eigenvalue weighted by Gasteiger charge is -2.20. The van der Waals surface area contributed by atoms with Crippen molar-refractivity contribution in [1.82, 2.24) is 4.90 Å². The van der Waals surface area contributed by atoms with Crippen molar-refractivity contribution in [2.75, 3.05) is 26.2 Å². The number of nitrogens with zero attached hydrogens (tertiary/aromatic N) is 1. The molecule has 0 aromatic heterocycles. The molecule has 0 spiro atoms. The molecule has 0 saturated carbocycles. The normalized spacial score (nSPS) is 17.0. The molecule has 1 aliphatic rings. The highest BCUT2D eigenvalue weighted by atomic mass is 16.5. The smallest absolute Gasteiger partial charge is 0.122 e. The Balaban J connectivity index is 1.78. The minimum Gasteiger partial charge on any atom is -0.493 e. The van der Waals surface area contributed by atoms with Crippen LogP contribution in [0.15, 0.2) is 18.2 Å².